The second kappa shape index (κ2) is 2.30. The van der Waals surface area contributed by atoms with Crippen molar-refractivity contribution in [2.45, 2.75) is 19.1 Å². The van der Waals surface area contributed by atoms with Gasteiger partial charge in [-0.25, -0.2) is 0 Å². The number of thiol groups is 1. The van der Waals surface area contributed by atoms with Crippen LogP contribution in [0.3, 0.4) is 0 Å². The Kier molecular flexibility index (Phi) is 2.33. The maximum atomic E-state index is 4.09. The van der Waals surface area contributed by atoms with Crippen LogP contribution < -0.4 is 0 Å². The number of hydrogen-bond acceptors (Lipinski definition) is 1. The monoisotopic (exact) mass is 102 g/mol. The Bertz CT molecular complexity index is 55.0. The molecule has 0 aromatic carbocycles. The lowest BCUT2D eigenvalue weighted by Crippen LogP contribution is -1.87. The van der Waals surface area contributed by atoms with Gasteiger partial charge in [0.05, 0.1) is 0 Å². The van der Waals surface area contributed by atoms with Crippen LogP contribution in [0.5, 0.6) is 0 Å². The molecular weight excluding hydrogens is 92.1 g/mol. The zero-order chi connectivity index (χ0) is 5.15. The maximum Gasteiger partial charge on any atom is 0.0192 e. The number of rotatable bonds is 1. The predicted molar refractivity (Wildman–Crippen MR) is 33.3 cm³/mol. The van der Waals surface area contributed by atoms with Crippen LogP contribution in [-0.4, -0.2) is 5.25 Å². The summed E-state index contributed by atoms with van der Waals surface area (Å²) in [6.45, 7) is 7.65. The minimum absolute atomic E-state index is 0.352. The minimum Gasteiger partial charge on any atom is -0.172 e. The van der Waals surface area contributed by atoms with Crippen molar-refractivity contribution in [3.63, 3.8) is 0 Å². The second-order valence-corrected chi connectivity index (χ2v) is 2.30. The summed E-state index contributed by atoms with van der Waals surface area (Å²) < 4.78 is 0. The molecule has 1 heteroatoms. The van der Waals surface area contributed by atoms with Gasteiger partial charge in [0.2, 0.25) is 0 Å². The Labute approximate surface area is 44.7 Å². The third-order valence-corrected chi connectivity index (χ3v) is 1.15. The smallest absolute Gasteiger partial charge is 0.0192 e. The molecule has 0 aliphatic heterocycles. The first kappa shape index (κ1) is 6.09. The molecule has 0 saturated heterocycles. The lowest BCUT2D eigenvalue weighted by molar-refractivity contribution is 1.14. The van der Waals surface area contributed by atoms with Gasteiger partial charge in [0, 0.05) is 5.25 Å². The molecule has 0 aromatic heterocycles. The average Bonchev–Trinajstić information content (AvgIpc) is 1.36. The van der Waals surface area contributed by atoms with E-state index in [-0.39, 0.29) is 0 Å². The summed E-state index contributed by atoms with van der Waals surface area (Å²) in [5, 5.41) is 0.352. The molecule has 1 unspecified atom stereocenters. The van der Waals surface area contributed by atoms with Crippen molar-refractivity contribution in [1.82, 2.24) is 0 Å². The van der Waals surface area contributed by atoms with Gasteiger partial charge in [-0.2, -0.15) is 12.6 Å². The van der Waals surface area contributed by atoms with Crippen molar-refractivity contribution < 1.29 is 0 Å². The molecule has 1 atom stereocenters. The standard InChI is InChI=1S/C5H10S/c1-4(2)5(3)6/h5-6H,1H2,2-3H3. The van der Waals surface area contributed by atoms with Crippen molar-refractivity contribution in [2.24, 2.45) is 0 Å². The highest BCUT2D eigenvalue weighted by atomic mass is 32.1. The first-order valence-corrected chi connectivity index (χ1v) is 2.49. The SMILES string of the molecule is C=C(C)C(C)S. The highest BCUT2D eigenvalue weighted by Gasteiger charge is 1.88. The molecule has 0 radical (unpaired) electrons. The van der Waals surface area contributed by atoms with Crippen molar-refractivity contribution in [3.05, 3.63) is 12.2 Å². The fraction of sp³-hybridized carbons (Fsp3) is 0.600. The summed E-state index contributed by atoms with van der Waals surface area (Å²) in [4.78, 5) is 0. The molecule has 0 amide bonds. The summed E-state index contributed by atoms with van der Waals surface area (Å²) >= 11 is 4.09. The van der Waals surface area contributed by atoms with Crippen LogP contribution >= 0.6 is 12.6 Å². The highest BCUT2D eigenvalue weighted by Crippen LogP contribution is 2.01. The Hall–Kier alpha value is 0.0900. The van der Waals surface area contributed by atoms with E-state index >= 15 is 0 Å². The first-order valence-electron chi connectivity index (χ1n) is 1.98. The second-order valence-electron chi connectivity index (χ2n) is 1.52. The molecule has 0 aromatic rings. The van der Waals surface area contributed by atoms with Crippen LogP contribution in [-0.2, 0) is 0 Å². The van der Waals surface area contributed by atoms with Gasteiger partial charge >= 0.3 is 0 Å². The summed E-state index contributed by atoms with van der Waals surface area (Å²) in [6, 6.07) is 0. The zero-order valence-corrected chi connectivity index (χ0v) is 5.13. The van der Waals surface area contributed by atoms with Crippen molar-refractivity contribution in [3.8, 4) is 0 Å². The Morgan fingerprint density at radius 2 is 2.00 bits per heavy atom. The van der Waals surface area contributed by atoms with Gasteiger partial charge in [0.25, 0.3) is 0 Å². The molecule has 0 saturated carbocycles. The molecule has 0 aliphatic rings. The van der Waals surface area contributed by atoms with Gasteiger partial charge in [-0.15, -0.1) is 0 Å². The van der Waals surface area contributed by atoms with Gasteiger partial charge < -0.3 is 0 Å². The Balaban J connectivity index is 3.26. The quantitative estimate of drug-likeness (QED) is 0.379. The maximum absolute atomic E-state index is 4.09. The van der Waals surface area contributed by atoms with Gasteiger partial charge in [-0.1, -0.05) is 12.2 Å². The van der Waals surface area contributed by atoms with Crippen molar-refractivity contribution >= 4 is 12.6 Å². The Morgan fingerprint density at radius 1 is 1.83 bits per heavy atom. The lowest BCUT2D eigenvalue weighted by Gasteiger charge is -1.96. The zero-order valence-electron chi connectivity index (χ0n) is 4.23. The Morgan fingerprint density at radius 3 is 2.00 bits per heavy atom. The molecule has 6 heavy (non-hydrogen) atoms. The van der Waals surface area contributed by atoms with Gasteiger partial charge in [0.15, 0.2) is 0 Å². The van der Waals surface area contributed by atoms with E-state index in [1.54, 1.807) is 0 Å². The molecule has 0 spiro atoms. The van der Waals surface area contributed by atoms with Crippen molar-refractivity contribution in [2.75, 3.05) is 0 Å². The summed E-state index contributed by atoms with van der Waals surface area (Å²) in [5.41, 5.74) is 1.12. The molecule has 0 heterocycles. The van der Waals surface area contributed by atoms with E-state index in [9.17, 15) is 0 Å². The highest BCUT2D eigenvalue weighted by molar-refractivity contribution is 7.81. The molecule has 36 valence electrons. The van der Waals surface area contributed by atoms with Crippen LogP contribution in [0.25, 0.3) is 0 Å². The van der Waals surface area contributed by atoms with Crippen LogP contribution in [0, 0.1) is 0 Å². The predicted octanol–water partition coefficient (Wildman–Crippen LogP) is 1.88. The molecule has 0 rings (SSSR count). The summed E-state index contributed by atoms with van der Waals surface area (Å²) in [7, 11) is 0. The first-order chi connectivity index (χ1) is 2.64. The summed E-state index contributed by atoms with van der Waals surface area (Å²) in [6.07, 6.45) is 0. The van der Waals surface area contributed by atoms with Crippen LogP contribution in [0.1, 0.15) is 13.8 Å². The molecule has 0 N–H and O–H groups in total. The van der Waals surface area contributed by atoms with E-state index < -0.39 is 0 Å². The largest absolute Gasteiger partial charge is 0.172 e. The van der Waals surface area contributed by atoms with Gasteiger partial charge in [-0.3, -0.25) is 0 Å². The van der Waals surface area contributed by atoms with Gasteiger partial charge in [0.1, 0.15) is 0 Å². The molecule has 0 bridgehead atoms. The molecule has 0 nitrogen and oxygen atoms in total. The lowest BCUT2D eigenvalue weighted by atomic mass is 10.3. The van der Waals surface area contributed by atoms with Gasteiger partial charge in [-0.05, 0) is 13.8 Å². The topological polar surface area (TPSA) is 0 Å². The van der Waals surface area contributed by atoms with E-state index in [4.69, 9.17) is 0 Å². The van der Waals surface area contributed by atoms with Crippen molar-refractivity contribution in [1.29, 1.82) is 0 Å². The fourth-order valence-electron chi connectivity index (χ4n) is 0. The molecule has 0 fully saturated rings. The van der Waals surface area contributed by atoms with E-state index in [0.29, 0.717) is 5.25 Å². The third-order valence-electron chi connectivity index (χ3n) is 0.713. The normalized spacial score (nSPS) is 13.8. The molecule has 0 aliphatic carbocycles. The third kappa shape index (κ3) is 2.33. The fourth-order valence-corrected chi connectivity index (χ4v) is 0. The van der Waals surface area contributed by atoms with E-state index in [1.807, 2.05) is 13.8 Å². The molecular formula is C5H10S. The van der Waals surface area contributed by atoms with E-state index in [0.717, 1.165) is 5.57 Å². The van der Waals surface area contributed by atoms with Crippen LogP contribution in [0.15, 0.2) is 12.2 Å². The van der Waals surface area contributed by atoms with E-state index in [2.05, 4.69) is 19.2 Å². The van der Waals surface area contributed by atoms with E-state index in [1.165, 1.54) is 0 Å². The average molecular weight is 102 g/mol. The summed E-state index contributed by atoms with van der Waals surface area (Å²) in [5.74, 6) is 0. The number of hydrogen-bond donors (Lipinski definition) is 1. The minimum atomic E-state index is 0.352. The van der Waals surface area contributed by atoms with Crippen LogP contribution in [0.2, 0.25) is 0 Å². The van der Waals surface area contributed by atoms with Crippen LogP contribution in [0.4, 0.5) is 0 Å².